The maximum absolute atomic E-state index is 12.9. The first-order chi connectivity index (χ1) is 14.3. The highest BCUT2D eigenvalue weighted by Gasteiger charge is 2.13. The average molecular weight is 404 g/mol. The number of methoxy groups -OCH3 is 1. The van der Waals surface area contributed by atoms with Crippen LogP contribution < -0.4 is 14.8 Å². The molecule has 0 aliphatic rings. The molecule has 4 heteroatoms. The Balaban J connectivity index is 1.83. The van der Waals surface area contributed by atoms with E-state index in [4.69, 9.17) is 9.47 Å². The number of anilines is 1. The van der Waals surface area contributed by atoms with Gasteiger partial charge in [0.15, 0.2) is 0 Å². The van der Waals surface area contributed by atoms with Gasteiger partial charge in [-0.25, -0.2) is 0 Å². The number of aryl methyl sites for hydroxylation is 3. The molecule has 1 N–H and O–H groups in total. The minimum atomic E-state index is -0.157. The molecule has 0 aliphatic carbocycles. The van der Waals surface area contributed by atoms with Crippen molar-refractivity contribution < 1.29 is 14.3 Å². The lowest BCUT2D eigenvalue weighted by molar-refractivity contribution is 0.102. The maximum Gasteiger partial charge on any atom is 0.255 e. The highest BCUT2D eigenvalue weighted by molar-refractivity contribution is 6.05. The van der Waals surface area contributed by atoms with Gasteiger partial charge >= 0.3 is 0 Å². The summed E-state index contributed by atoms with van der Waals surface area (Å²) in [4.78, 5) is 12.9. The van der Waals surface area contributed by atoms with Gasteiger partial charge in [-0.2, -0.15) is 0 Å². The lowest BCUT2D eigenvalue weighted by atomic mass is 10.1. The molecular weight excluding hydrogens is 374 g/mol. The molecule has 0 bridgehead atoms. The minimum absolute atomic E-state index is 0.157. The van der Waals surface area contributed by atoms with Gasteiger partial charge in [0, 0.05) is 16.8 Å². The van der Waals surface area contributed by atoms with Crippen LogP contribution in [0.25, 0.3) is 0 Å². The largest absolute Gasteiger partial charge is 0.496 e. The molecule has 4 nitrogen and oxygen atoms in total. The van der Waals surface area contributed by atoms with E-state index in [1.807, 2.05) is 50.2 Å². The zero-order valence-electron chi connectivity index (χ0n) is 18.6. The van der Waals surface area contributed by atoms with Crippen LogP contribution in [-0.2, 0) is 6.61 Å². The summed E-state index contributed by atoms with van der Waals surface area (Å²) in [6.45, 7) is 10.5. The van der Waals surface area contributed by atoms with Crippen LogP contribution in [0.1, 0.15) is 43.7 Å². The predicted octanol–water partition coefficient (Wildman–Crippen LogP) is 6.07. The molecule has 0 radical (unpaired) electrons. The molecule has 0 atom stereocenters. The van der Waals surface area contributed by atoms with Crippen molar-refractivity contribution in [1.82, 2.24) is 0 Å². The lowest BCUT2D eigenvalue weighted by Gasteiger charge is -2.15. The monoisotopic (exact) mass is 403 g/mol. The fraction of sp³-hybridized carbons (Fsp3) is 0.269. The van der Waals surface area contributed by atoms with Gasteiger partial charge in [-0.15, -0.1) is 0 Å². The summed E-state index contributed by atoms with van der Waals surface area (Å²) in [5.74, 6) is 1.38. The van der Waals surface area contributed by atoms with Crippen LogP contribution in [0.2, 0.25) is 0 Å². The van der Waals surface area contributed by atoms with E-state index >= 15 is 0 Å². The van der Waals surface area contributed by atoms with Gasteiger partial charge in [0.05, 0.1) is 7.11 Å². The van der Waals surface area contributed by atoms with Crippen LogP contribution in [0.3, 0.4) is 0 Å². The number of rotatable bonds is 6. The fourth-order valence-corrected chi connectivity index (χ4v) is 3.42. The third-order valence-electron chi connectivity index (χ3n) is 5.54. The molecule has 1 amide bonds. The molecule has 0 heterocycles. The number of hydrogen-bond donors (Lipinski definition) is 1. The van der Waals surface area contributed by atoms with Crippen LogP contribution >= 0.6 is 0 Å². The number of hydrogen-bond acceptors (Lipinski definition) is 3. The molecule has 0 aliphatic heterocycles. The average Bonchev–Trinajstić information content (AvgIpc) is 2.72. The summed E-state index contributed by atoms with van der Waals surface area (Å²) in [7, 11) is 1.62. The second-order valence-electron chi connectivity index (χ2n) is 7.72. The molecule has 0 saturated heterocycles. The van der Waals surface area contributed by atoms with Gasteiger partial charge in [0.1, 0.15) is 18.1 Å². The van der Waals surface area contributed by atoms with Gasteiger partial charge in [0.2, 0.25) is 0 Å². The number of ether oxygens (including phenoxy) is 2. The van der Waals surface area contributed by atoms with E-state index in [1.165, 1.54) is 5.56 Å². The quantitative estimate of drug-likeness (QED) is 0.543. The van der Waals surface area contributed by atoms with Crippen LogP contribution in [-0.4, -0.2) is 13.0 Å². The summed E-state index contributed by atoms with van der Waals surface area (Å²) in [6.07, 6.45) is 0. The van der Waals surface area contributed by atoms with Gasteiger partial charge in [-0.3, -0.25) is 4.79 Å². The van der Waals surface area contributed by atoms with Crippen molar-refractivity contribution in [3.05, 3.63) is 87.5 Å². The van der Waals surface area contributed by atoms with E-state index < -0.39 is 0 Å². The summed E-state index contributed by atoms with van der Waals surface area (Å²) in [6, 6.07) is 15.5. The van der Waals surface area contributed by atoms with Crippen molar-refractivity contribution in [2.24, 2.45) is 0 Å². The number of benzene rings is 3. The SMILES string of the molecule is COc1ccc(C(=O)Nc2cccc(C)c2C)cc1COc1cc(C)cc(C)c1C. The van der Waals surface area contributed by atoms with Crippen molar-refractivity contribution in [3.63, 3.8) is 0 Å². The minimum Gasteiger partial charge on any atom is -0.496 e. The molecule has 0 aromatic heterocycles. The first-order valence-corrected chi connectivity index (χ1v) is 10.0. The molecule has 3 aromatic rings. The summed E-state index contributed by atoms with van der Waals surface area (Å²) in [5, 5.41) is 3.01. The van der Waals surface area contributed by atoms with E-state index in [9.17, 15) is 4.79 Å². The van der Waals surface area contributed by atoms with Crippen molar-refractivity contribution in [1.29, 1.82) is 0 Å². The standard InChI is InChI=1S/C26H29NO3/c1-16-12-18(3)20(5)25(13-16)30-15-22-14-21(10-11-24(22)29-6)26(28)27-23-9-7-8-17(2)19(23)4/h7-14H,15H2,1-6H3,(H,27,28). The Morgan fingerprint density at radius 2 is 1.63 bits per heavy atom. The molecule has 0 saturated carbocycles. The molecular formula is C26H29NO3. The summed E-state index contributed by atoms with van der Waals surface area (Å²) < 4.78 is 11.6. The van der Waals surface area contributed by atoms with Crippen LogP contribution in [0.15, 0.2) is 48.5 Å². The lowest BCUT2D eigenvalue weighted by Crippen LogP contribution is -2.14. The zero-order chi connectivity index (χ0) is 21.8. The van der Waals surface area contributed by atoms with Gasteiger partial charge in [-0.1, -0.05) is 18.2 Å². The third-order valence-corrected chi connectivity index (χ3v) is 5.54. The van der Waals surface area contributed by atoms with Crippen molar-refractivity contribution in [2.75, 3.05) is 12.4 Å². The van der Waals surface area contributed by atoms with Gasteiger partial charge in [-0.05, 0) is 92.8 Å². The Kier molecular flexibility index (Phi) is 6.46. The second kappa shape index (κ2) is 9.04. The van der Waals surface area contributed by atoms with Crippen molar-refractivity contribution >= 4 is 11.6 Å². The highest BCUT2D eigenvalue weighted by Crippen LogP contribution is 2.27. The van der Waals surface area contributed by atoms with Crippen LogP contribution in [0, 0.1) is 34.6 Å². The van der Waals surface area contributed by atoms with E-state index in [-0.39, 0.29) is 5.91 Å². The Morgan fingerprint density at radius 3 is 2.37 bits per heavy atom. The van der Waals surface area contributed by atoms with E-state index in [0.29, 0.717) is 17.9 Å². The fourth-order valence-electron chi connectivity index (χ4n) is 3.42. The predicted molar refractivity (Wildman–Crippen MR) is 122 cm³/mol. The molecule has 0 unspecified atom stereocenters. The number of nitrogens with one attached hydrogen (secondary N) is 1. The number of amides is 1. The van der Waals surface area contributed by atoms with E-state index in [2.05, 4.69) is 32.2 Å². The summed E-state index contributed by atoms with van der Waals surface area (Å²) in [5.41, 5.74) is 7.87. The maximum atomic E-state index is 12.9. The highest BCUT2D eigenvalue weighted by atomic mass is 16.5. The molecule has 0 spiro atoms. The first kappa shape index (κ1) is 21.4. The zero-order valence-corrected chi connectivity index (χ0v) is 18.6. The van der Waals surface area contributed by atoms with Crippen LogP contribution in [0.4, 0.5) is 5.69 Å². The normalized spacial score (nSPS) is 10.6. The molecule has 0 fully saturated rings. The van der Waals surface area contributed by atoms with E-state index in [0.717, 1.165) is 39.3 Å². The Hall–Kier alpha value is -3.27. The van der Waals surface area contributed by atoms with Crippen LogP contribution in [0.5, 0.6) is 11.5 Å². The Bertz CT molecular complexity index is 1090. The second-order valence-corrected chi connectivity index (χ2v) is 7.72. The third kappa shape index (κ3) is 4.65. The molecule has 3 rings (SSSR count). The van der Waals surface area contributed by atoms with Gasteiger partial charge in [0.25, 0.3) is 5.91 Å². The van der Waals surface area contributed by atoms with Crippen molar-refractivity contribution in [3.8, 4) is 11.5 Å². The van der Waals surface area contributed by atoms with E-state index in [1.54, 1.807) is 13.2 Å². The van der Waals surface area contributed by atoms with Crippen molar-refractivity contribution in [2.45, 2.75) is 41.2 Å². The molecule has 30 heavy (non-hydrogen) atoms. The van der Waals surface area contributed by atoms with Gasteiger partial charge < -0.3 is 14.8 Å². The topological polar surface area (TPSA) is 47.6 Å². The Morgan fingerprint density at radius 1 is 0.867 bits per heavy atom. The first-order valence-electron chi connectivity index (χ1n) is 10.0. The summed E-state index contributed by atoms with van der Waals surface area (Å²) >= 11 is 0. The number of carbonyl (C=O) groups is 1. The number of carbonyl (C=O) groups excluding carboxylic acids is 1. The smallest absolute Gasteiger partial charge is 0.255 e. The Labute approximate surface area is 178 Å². The molecule has 156 valence electrons. The molecule has 3 aromatic carbocycles.